The summed E-state index contributed by atoms with van der Waals surface area (Å²) >= 11 is 1.75. The monoisotopic (exact) mass is 394 g/mol. The maximum absolute atomic E-state index is 12.1. The number of nitrogens with zero attached hydrogens (tertiary/aromatic N) is 2. The van der Waals surface area contributed by atoms with Gasteiger partial charge in [-0.25, -0.2) is 17.7 Å². The molecule has 0 aliphatic heterocycles. The van der Waals surface area contributed by atoms with Gasteiger partial charge in [0.25, 0.3) is 0 Å². The van der Waals surface area contributed by atoms with Crippen LogP contribution in [0.1, 0.15) is 17.4 Å². The first-order valence-electron chi connectivity index (χ1n) is 8.49. The minimum Gasteiger partial charge on any atom is -0.357 e. The summed E-state index contributed by atoms with van der Waals surface area (Å²) in [5, 5.41) is 8.62. The summed E-state index contributed by atoms with van der Waals surface area (Å²) in [7, 11) is -0.342. The third-order valence-corrected chi connectivity index (χ3v) is 6.48. The number of sulfonamides is 1. The van der Waals surface area contributed by atoms with E-state index in [-0.39, 0.29) is 4.90 Å². The minimum atomic E-state index is -3.39. The second kappa shape index (κ2) is 9.70. The lowest BCUT2D eigenvalue weighted by atomic mass is 10.2. The molecule has 8 heteroatoms. The molecular weight excluding hydrogens is 368 g/mol. The van der Waals surface area contributed by atoms with Gasteiger partial charge in [0.05, 0.1) is 11.4 Å². The van der Waals surface area contributed by atoms with Crippen molar-refractivity contribution in [3.63, 3.8) is 0 Å². The van der Waals surface area contributed by atoms with Crippen LogP contribution >= 0.6 is 11.3 Å². The fourth-order valence-corrected chi connectivity index (χ4v) is 3.86. The van der Waals surface area contributed by atoms with Crippen LogP contribution in [0, 0.1) is 0 Å². The van der Waals surface area contributed by atoms with Gasteiger partial charge in [0.15, 0.2) is 5.96 Å². The predicted octanol–water partition coefficient (Wildman–Crippen LogP) is 2.30. The Hall–Kier alpha value is -1.90. The van der Waals surface area contributed by atoms with Crippen molar-refractivity contribution in [1.82, 2.24) is 14.9 Å². The number of aliphatic imine (C=N–C) groups is 1. The molecule has 0 amide bonds. The molecule has 2 aromatic rings. The number of nitrogens with one attached hydrogen (secondary N) is 2. The molecule has 0 aliphatic carbocycles. The highest BCUT2D eigenvalue weighted by Crippen LogP contribution is 2.14. The van der Waals surface area contributed by atoms with Crippen LogP contribution in [0.25, 0.3) is 0 Å². The van der Waals surface area contributed by atoms with Gasteiger partial charge in [-0.15, -0.1) is 11.3 Å². The van der Waals surface area contributed by atoms with Crippen LogP contribution in [-0.4, -0.2) is 45.9 Å². The summed E-state index contributed by atoms with van der Waals surface area (Å²) in [6.45, 7) is 4.10. The molecule has 142 valence electrons. The highest BCUT2D eigenvalue weighted by molar-refractivity contribution is 7.89. The van der Waals surface area contributed by atoms with Crippen LogP contribution in [0.3, 0.4) is 0 Å². The van der Waals surface area contributed by atoms with Gasteiger partial charge in [0.2, 0.25) is 10.0 Å². The van der Waals surface area contributed by atoms with Gasteiger partial charge < -0.3 is 10.6 Å². The quantitative estimate of drug-likeness (QED) is 0.532. The van der Waals surface area contributed by atoms with Gasteiger partial charge in [-0.3, -0.25) is 0 Å². The average Bonchev–Trinajstić information content (AvgIpc) is 3.13. The molecule has 1 aromatic heterocycles. The van der Waals surface area contributed by atoms with E-state index in [4.69, 9.17) is 0 Å². The van der Waals surface area contributed by atoms with Gasteiger partial charge >= 0.3 is 0 Å². The number of benzene rings is 1. The first-order chi connectivity index (χ1) is 12.4. The standard InChI is InChI=1S/C18H26N4O2S2/c1-4-19-18(20-12-11-16-6-5-13-25-16)21-14-15-7-9-17(10-8-15)26(23,24)22(2)3/h5-10,13H,4,11-12,14H2,1-3H3,(H2,19,20,21). The lowest BCUT2D eigenvalue weighted by Gasteiger charge is -2.12. The van der Waals surface area contributed by atoms with Crippen molar-refractivity contribution in [1.29, 1.82) is 0 Å². The minimum absolute atomic E-state index is 0.288. The van der Waals surface area contributed by atoms with E-state index in [1.54, 1.807) is 35.6 Å². The molecule has 1 heterocycles. The topological polar surface area (TPSA) is 73.8 Å². The molecule has 0 unspecified atom stereocenters. The summed E-state index contributed by atoms with van der Waals surface area (Å²) in [4.78, 5) is 6.19. The van der Waals surface area contributed by atoms with Crippen LogP contribution in [0.2, 0.25) is 0 Å². The van der Waals surface area contributed by atoms with E-state index in [0.29, 0.717) is 6.54 Å². The smallest absolute Gasteiger partial charge is 0.242 e. The van der Waals surface area contributed by atoms with Crippen molar-refractivity contribution in [2.75, 3.05) is 27.2 Å². The van der Waals surface area contributed by atoms with E-state index < -0.39 is 10.0 Å². The zero-order valence-electron chi connectivity index (χ0n) is 15.4. The molecule has 0 saturated carbocycles. The highest BCUT2D eigenvalue weighted by atomic mass is 32.2. The molecule has 26 heavy (non-hydrogen) atoms. The van der Waals surface area contributed by atoms with E-state index in [9.17, 15) is 8.42 Å². The van der Waals surface area contributed by atoms with Gasteiger partial charge in [-0.2, -0.15) is 0 Å². The van der Waals surface area contributed by atoms with Crippen molar-refractivity contribution >= 4 is 27.3 Å². The molecule has 2 N–H and O–H groups in total. The van der Waals surface area contributed by atoms with Gasteiger partial charge in [0, 0.05) is 32.1 Å². The number of hydrogen-bond acceptors (Lipinski definition) is 4. The van der Waals surface area contributed by atoms with E-state index in [1.165, 1.54) is 23.3 Å². The lowest BCUT2D eigenvalue weighted by Crippen LogP contribution is -2.38. The van der Waals surface area contributed by atoms with Crippen LogP contribution in [-0.2, 0) is 23.0 Å². The first-order valence-corrected chi connectivity index (χ1v) is 10.8. The summed E-state index contributed by atoms with van der Waals surface area (Å²) in [6, 6.07) is 11.0. The summed E-state index contributed by atoms with van der Waals surface area (Å²) in [5.41, 5.74) is 0.957. The van der Waals surface area contributed by atoms with E-state index >= 15 is 0 Å². The molecule has 0 spiro atoms. The Kier molecular flexibility index (Phi) is 7.62. The molecule has 0 atom stereocenters. The van der Waals surface area contributed by atoms with Gasteiger partial charge in [0.1, 0.15) is 0 Å². The maximum atomic E-state index is 12.1. The normalized spacial score (nSPS) is 12.4. The molecule has 0 fully saturated rings. The Labute approximate surface area is 160 Å². The van der Waals surface area contributed by atoms with Crippen molar-refractivity contribution < 1.29 is 8.42 Å². The molecule has 1 aromatic carbocycles. The fraction of sp³-hybridized carbons (Fsp3) is 0.389. The molecular formula is C18H26N4O2S2. The van der Waals surface area contributed by atoms with Crippen LogP contribution < -0.4 is 10.6 Å². The zero-order valence-corrected chi connectivity index (χ0v) is 17.0. The van der Waals surface area contributed by atoms with Crippen molar-refractivity contribution in [2.45, 2.75) is 24.8 Å². The average molecular weight is 395 g/mol. The van der Waals surface area contributed by atoms with Crippen molar-refractivity contribution in [2.24, 2.45) is 4.99 Å². The third-order valence-electron chi connectivity index (χ3n) is 3.71. The largest absolute Gasteiger partial charge is 0.357 e. The Bertz CT molecular complexity index is 798. The molecule has 6 nitrogen and oxygen atoms in total. The van der Waals surface area contributed by atoms with Gasteiger partial charge in [-0.05, 0) is 42.5 Å². The highest BCUT2D eigenvalue weighted by Gasteiger charge is 2.16. The Morgan fingerprint density at radius 3 is 2.46 bits per heavy atom. The van der Waals surface area contributed by atoms with Crippen molar-refractivity contribution in [3.8, 4) is 0 Å². The Morgan fingerprint density at radius 1 is 1.15 bits per heavy atom. The zero-order chi connectivity index (χ0) is 19.0. The number of hydrogen-bond donors (Lipinski definition) is 2. The number of thiophene rings is 1. The number of rotatable bonds is 8. The molecule has 0 radical (unpaired) electrons. The number of guanidine groups is 1. The summed E-state index contributed by atoms with van der Waals surface area (Å²) < 4.78 is 25.4. The van der Waals surface area contributed by atoms with Crippen molar-refractivity contribution in [3.05, 3.63) is 52.2 Å². The lowest BCUT2D eigenvalue weighted by molar-refractivity contribution is 0.520. The molecule has 0 saturated heterocycles. The predicted molar refractivity (Wildman–Crippen MR) is 108 cm³/mol. The second-order valence-corrected chi connectivity index (χ2v) is 9.07. The molecule has 0 bridgehead atoms. The Morgan fingerprint density at radius 2 is 1.88 bits per heavy atom. The fourth-order valence-electron chi connectivity index (χ4n) is 2.25. The molecule has 0 aliphatic rings. The summed E-state index contributed by atoms with van der Waals surface area (Å²) in [6.07, 6.45) is 0.958. The molecule has 2 rings (SSSR count). The van der Waals surface area contributed by atoms with E-state index in [2.05, 4.69) is 33.1 Å². The second-order valence-electron chi connectivity index (χ2n) is 5.88. The van der Waals surface area contributed by atoms with Gasteiger partial charge in [-0.1, -0.05) is 18.2 Å². The SMILES string of the molecule is CCNC(=NCc1ccc(S(=O)(=O)N(C)C)cc1)NCCc1cccs1. The Balaban J connectivity index is 1.95. The maximum Gasteiger partial charge on any atom is 0.242 e. The third kappa shape index (κ3) is 5.82. The van der Waals surface area contributed by atoms with E-state index in [1.807, 2.05) is 6.92 Å². The van der Waals surface area contributed by atoms with E-state index in [0.717, 1.165) is 31.0 Å². The first kappa shape index (κ1) is 20.4. The summed E-state index contributed by atoms with van der Waals surface area (Å²) in [5.74, 6) is 0.758. The van der Waals surface area contributed by atoms with Crippen LogP contribution in [0.4, 0.5) is 0 Å². The van der Waals surface area contributed by atoms with Crippen LogP contribution in [0.15, 0.2) is 51.7 Å². The van der Waals surface area contributed by atoms with Crippen LogP contribution in [0.5, 0.6) is 0 Å².